The van der Waals surface area contributed by atoms with E-state index < -0.39 is 0 Å². The van der Waals surface area contributed by atoms with Crippen LogP contribution in [0, 0.1) is 0 Å². The van der Waals surface area contributed by atoms with Gasteiger partial charge in [0.1, 0.15) is 0 Å². The molecule has 1 heterocycles. The molecule has 0 radical (unpaired) electrons. The molecule has 2 aromatic rings. The molecule has 5 nitrogen and oxygen atoms in total. The number of nitrogens with zero attached hydrogens (tertiary/aromatic N) is 1. The third kappa shape index (κ3) is 5.75. The number of hydrogen-bond donors (Lipinski definition) is 2. The Morgan fingerprint density at radius 2 is 1.91 bits per heavy atom. The van der Waals surface area contributed by atoms with E-state index in [0.29, 0.717) is 24.4 Å². The smallest absolute Gasteiger partial charge is 0.251 e. The molecule has 0 fully saturated rings. The minimum Gasteiger partial charge on any atom is -0.352 e. The number of benzene rings is 1. The van der Waals surface area contributed by atoms with Gasteiger partial charge < -0.3 is 10.6 Å². The highest BCUT2D eigenvalue weighted by molar-refractivity contribution is 8.00. The van der Waals surface area contributed by atoms with Crippen molar-refractivity contribution in [3.8, 4) is 0 Å². The number of thioether (sulfide) groups is 1. The van der Waals surface area contributed by atoms with Crippen molar-refractivity contribution >= 4 is 23.6 Å². The highest BCUT2D eigenvalue weighted by atomic mass is 32.2. The van der Waals surface area contributed by atoms with Gasteiger partial charge in [-0.2, -0.15) is 0 Å². The average Bonchev–Trinajstić information content (AvgIpc) is 2.59. The molecule has 2 N–H and O–H groups in total. The molecule has 0 unspecified atom stereocenters. The maximum Gasteiger partial charge on any atom is 0.251 e. The SMILES string of the molecule is CCNC(=O)c1cccc(CNC(=O)CSc2ccncc2)c1. The van der Waals surface area contributed by atoms with Crippen molar-refractivity contribution in [2.75, 3.05) is 12.3 Å². The number of aromatic nitrogens is 1. The number of hydrogen-bond acceptors (Lipinski definition) is 4. The van der Waals surface area contributed by atoms with Gasteiger partial charge in [0.2, 0.25) is 5.91 Å². The second kappa shape index (κ2) is 8.95. The summed E-state index contributed by atoms with van der Waals surface area (Å²) < 4.78 is 0. The second-order valence-corrected chi connectivity index (χ2v) is 5.86. The Kier molecular flexibility index (Phi) is 6.62. The third-order valence-corrected chi connectivity index (χ3v) is 4.05. The molecule has 0 spiro atoms. The van der Waals surface area contributed by atoms with Crippen LogP contribution in [0.1, 0.15) is 22.8 Å². The summed E-state index contributed by atoms with van der Waals surface area (Å²) >= 11 is 1.46. The molecule has 1 aromatic carbocycles. The van der Waals surface area contributed by atoms with E-state index in [1.165, 1.54) is 11.8 Å². The fraction of sp³-hybridized carbons (Fsp3) is 0.235. The fourth-order valence-corrected chi connectivity index (χ4v) is 2.63. The molecule has 0 saturated heterocycles. The lowest BCUT2D eigenvalue weighted by Gasteiger charge is -2.07. The van der Waals surface area contributed by atoms with Gasteiger partial charge in [-0.25, -0.2) is 0 Å². The first kappa shape index (κ1) is 17.0. The summed E-state index contributed by atoms with van der Waals surface area (Å²) in [5, 5.41) is 5.62. The Bertz CT molecular complexity index is 662. The monoisotopic (exact) mass is 329 g/mol. The molecule has 0 bridgehead atoms. The van der Waals surface area contributed by atoms with Gasteiger partial charge in [0.05, 0.1) is 5.75 Å². The zero-order chi connectivity index (χ0) is 16.5. The van der Waals surface area contributed by atoms with Crippen LogP contribution >= 0.6 is 11.8 Å². The molecule has 2 rings (SSSR count). The first-order valence-electron chi connectivity index (χ1n) is 7.35. The number of pyridine rings is 1. The molecule has 6 heteroatoms. The predicted octanol–water partition coefficient (Wildman–Crippen LogP) is 2.24. The van der Waals surface area contributed by atoms with Crippen LogP contribution in [0.25, 0.3) is 0 Å². The highest BCUT2D eigenvalue weighted by Gasteiger charge is 2.06. The molecule has 0 aliphatic rings. The molecular weight excluding hydrogens is 310 g/mol. The first-order valence-corrected chi connectivity index (χ1v) is 8.34. The molecule has 2 amide bonds. The molecule has 120 valence electrons. The predicted molar refractivity (Wildman–Crippen MR) is 91.3 cm³/mol. The van der Waals surface area contributed by atoms with E-state index in [1.54, 1.807) is 24.5 Å². The Labute approximate surface area is 139 Å². The van der Waals surface area contributed by atoms with Gasteiger partial charge in [0.15, 0.2) is 0 Å². The maximum absolute atomic E-state index is 11.9. The standard InChI is InChI=1S/C17H19N3O2S/c1-2-19-17(22)14-5-3-4-13(10-14)11-20-16(21)12-23-15-6-8-18-9-7-15/h3-10H,2,11-12H2,1H3,(H,19,22)(H,20,21). The molecule has 0 saturated carbocycles. The van der Waals surface area contributed by atoms with Crippen molar-refractivity contribution < 1.29 is 9.59 Å². The van der Waals surface area contributed by atoms with Crippen molar-refractivity contribution in [2.24, 2.45) is 0 Å². The summed E-state index contributed by atoms with van der Waals surface area (Å²) in [4.78, 5) is 28.6. The Hall–Kier alpha value is -2.34. The second-order valence-electron chi connectivity index (χ2n) is 4.81. The van der Waals surface area contributed by atoms with Crippen LogP contribution in [-0.4, -0.2) is 29.1 Å². The van der Waals surface area contributed by atoms with E-state index >= 15 is 0 Å². The summed E-state index contributed by atoms with van der Waals surface area (Å²) in [6, 6.07) is 11.0. The quantitative estimate of drug-likeness (QED) is 0.764. The van der Waals surface area contributed by atoms with E-state index in [-0.39, 0.29) is 11.8 Å². The lowest BCUT2D eigenvalue weighted by Crippen LogP contribution is -2.25. The minimum atomic E-state index is -0.103. The van der Waals surface area contributed by atoms with E-state index in [4.69, 9.17) is 0 Å². The van der Waals surface area contributed by atoms with Gasteiger partial charge in [-0.15, -0.1) is 11.8 Å². The Morgan fingerprint density at radius 3 is 2.65 bits per heavy atom. The Morgan fingerprint density at radius 1 is 1.13 bits per heavy atom. The zero-order valence-corrected chi connectivity index (χ0v) is 13.7. The number of rotatable bonds is 7. The highest BCUT2D eigenvalue weighted by Crippen LogP contribution is 2.15. The largest absolute Gasteiger partial charge is 0.352 e. The molecule has 1 aromatic heterocycles. The van der Waals surface area contributed by atoms with Crippen molar-refractivity contribution in [1.82, 2.24) is 15.6 Å². The summed E-state index contributed by atoms with van der Waals surface area (Å²) in [5.74, 6) is 0.198. The third-order valence-electron chi connectivity index (χ3n) is 3.04. The maximum atomic E-state index is 11.9. The van der Waals surface area contributed by atoms with Gasteiger partial charge >= 0.3 is 0 Å². The van der Waals surface area contributed by atoms with Gasteiger partial charge in [0.25, 0.3) is 5.91 Å². The first-order chi connectivity index (χ1) is 11.2. The van der Waals surface area contributed by atoms with Crippen LogP contribution in [0.3, 0.4) is 0 Å². The van der Waals surface area contributed by atoms with Crippen LogP contribution < -0.4 is 10.6 Å². The number of carbonyl (C=O) groups is 2. The molecule has 0 atom stereocenters. The summed E-state index contributed by atoms with van der Waals surface area (Å²) in [6.45, 7) is 2.87. The van der Waals surface area contributed by atoms with E-state index in [2.05, 4.69) is 15.6 Å². The lowest BCUT2D eigenvalue weighted by atomic mass is 10.1. The number of carbonyl (C=O) groups excluding carboxylic acids is 2. The van der Waals surface area contributed by atoms with E-state index in [0.717, 1.165) is 10.5 Å². The van der Waals surface area contributed by atoms with E-state index in [1.807, 2.05) is 31.2 Å². The van der Waals surface area contributed by atoms with Crippen LogP contribution in [0.5, 0.6) is 0 Å². The average molecular weight is 329 g/mol. The van der Waals surface area contributed by atoms with Gasteiger partial charge in [-0.1, -0.05) is 12.1 Å². The van der Waals surface area contributed by atoms with Gasteiger partial charge in [-0.05, 0) is 36.8 Å². The van der Waals surface area contributed by atoms with Crippen molar-refractivity contribution in [2.45, 2.75) is 18.4 Å². The molecule has 23 heavy (non-hydrogen) atoms. The number of amides is 2. The molecular formula is C17H19N3O2S. The van der Waals surface area contributed by atoms with E-state index in [9.17, 15) is 9.59 Å². The minimum absolute atomic E-state index is 0.0461. The van der Waals surface area contributed by atoms with Crippen LogP contribution in [0.2, 0.25) is 0 Å². The van der Waals surface area contributed by atoms with Gasteiger partial charge in [0, 0.05) is 35.9 Å². The van der Waals surface area contributed by atoms with Gasteiger partial charge in [-0.3, -0.25) is 14.6 Å². The lowest BCUT2D eigenvalue weighted by molar-refractivity contribution is -0.118. The summed E-state index contributed by atoms with van der Waals surface area (Å²) in [5.41, 5.74) is 1.50. The normalized spacial score (nSPS) is 10.1. The zero-order valence-electron chi connectivity index (χ0n) is 12.9. The number of nitrogens with one attached hydrogen (secondary N) is 2. The van der Waals surface area contributed by atoms with Crippen molar-refractivity contribution in [3.63, 3.8) is 0 Å². The van der Waals surface area contributed by atoms with Crippen molar-refractivity contribution in [3.05, 3.63) is 59.9 Å². The summed E-state index contributed by atoms with van der Waals surface area (Å²) in [7, 11) is 0. The van der Waals surface area contributed by atoms with Crippen LogP contribution in [0.15, 0.2) is 53.7 Å². The molecule has 0 aliphatic carbocycles. The fourth-order valence-electron chi connectivity index (χ4n) is 1.92. The Balaban J connectivity index is 1.82. The topological polar surface area (TPSA) is 71.1 Å². The molecule has 0 aliphatic heterocycles. The van der Waals surface area contributed by atoms with Crippen LogP contribution in [0.4, 0.5) is 0 Å². The summed E-state index contributed by atoms with van der Waals surface area (Å²) in [6.07, 6.45) is 3.40. The van der Waals surface area contributed by atoms with Crippen molar-refractivity contribution in [1.29, 1.82) is 0 Å². The van der Waals surface area contributed by atoms with Crippen LogP contribution in [-0.2, 0) is 11.3 Å².